The number of rotatable bonds is 7. The van der Waals surface area contributed by atoms with Crippen LogP contribution in [-0.4, -0.2) is 36.7 Å². The number of ether oxygens (including phenoxy) is 4. The molecule has 22 heavy (non-hydrogen) atoms. The van der Waals surface area contributed by atoms with E-state index in [-0.39, 0.29) is 0 Å². The largest absolute Gasteiger partial charge is 0.508 e. The Balaban J connectivity index is 3.45. The third-order valence-corrected chi connectivity index (χ3v) is 2.26. The fourth-order valence-corrected chi connectivity index (χ4v) is 1.43. The van der Waals surface area contributed by atoms with Crippen LogP contribution in [0.15, 0.2) is 0 Å². The van der Waals surface area contributed by atoms with Crippen LogP contribution in [0, 0.1) is 0 Å². The Labute approximate surface area is 133 Å². The lowest BCUT2D eigenvalue weighted by Crippen LogP contribution is -2.24. The summed E-state index contributed by atoms with van der Waals surface area (Å²) in [7, 11) is 0. The molecule has 0 aliphatic rings. The van der Waals surface area contributed by atoms with Gasteiger partial charge in [-0.1, -0.05) is 0 Å². The summed E-state index contributed by atoms with van der Waals surface area (Å²) >= 11 is 0. The zero-order valence-electron chi connectivity index (χ0n) is 14.7. The maximum absolute atomic E-state index is 11.3. The van der Waals surface area contributed by atoms with Gasteiger partial charge in [0.2, 0.25) is 0 Å². The van der Waals surface area contributed by atoms with Crippen molar-refractivity contribution >= 4 is 12.3 Å². The van der Waals surface area contributed by atoms with Gasteiger partial charge in [0.25, 0.3) is 0 Å². The Hall–Kier alpha value is -1.46. The molecule has 0 rings (SSSR count). The molecule has 0 aromatic carbocycles. The highest BCUT2D eigenvalue weighted by Gasteiger charge is 2.17. The van der Waals surface area contributed by atoms with Gasteiger partial charge < -0.3 is 18.9 Å². The van der Waals surface area contributed by atoms with Crippen molar-refractivity contribution < 1.29 is 28.5 Å². The summed E-state index contributed by atoms with van der Waals surface area (Å²) < 4.78 is 19.9. The predicted molar refractivity (Wildman–Crippen MR) is 82.8 cm³/mol. The van der Waals surface area contributed by atoms with Gasteiger partial charge in [0, 0.05) is 0 Å². The highest BCUT2D eigenvalue weighted by atomic mass is 16.7. The van der Waals surface area contributed by atoms with Gasteiger partial charge in [-0.3, -0.25) is 0 Å². The molecule has 0 saturated heterocycles. The molecule has 0 unspecified atom stereocenters. The minimum atomic E-state index is -0.638. The van der Waals surface area contributed by atoms with Crippen LogP contribution in [0.1, 0.15) is 67.2 Å². The first-order chi connectivity index (χ1) is 9.99. The monoisotopic (exact) mass is 318 g/mol. The van der Waals surface area contributed by atoms with Crippen molar-refractivity contribution in [3.05, 3.63) is 0 Å². The average Bonchev–Trinajstić information content (AvgIpc) is 2.27. The maximum atomic E-state index is 11.3. The molecule has 6 nitrogen and oxygen atoms in total. The summed E-state index contributed by atoms with van der Waals surface area (Å²) in [6.07, 6.45) is 2.01. The minimum absolute atomic E-state index is 0.335. The molecule has 0 spiro atoms. The van der Waals surface area contributed by atoms with Crippen LogP contribution in [0.5, 0.6) is 0 Å². The fourth-order valence-electron chi connectivity index (χ4n) is 1.43. The van der Waals surface area contributed by atoms with Crippen molar-refractivity contribution in [1.29, 1.82) is 0 Å². The number of carbonyl (C=O) groups is 2. The lowest BCUT2D eigenvalue weighted by atomic mass is 10.2. The Bertz CT molecular complexity index is 304. The number of hydrogen-bond donors (Lipinski definition) is 0. The van der Waals surface area contributed by atoms with Gasteiger partial charge in [0.1, 0.15) is 11.2 Å². The normalized spacial score (nSPS) is 11.7. The van der Waals surface area contributed by atoms with E-state index in [0.717, 1.165) is 25.7 Å². The molecule has 0 aromatic rings. The Morgan fingerprint density at radius 3 is 1.23 bits per heavy atom. The molecule has 0 radical (unpaired) electrons. The highest BCUT2D eigenvalue weighted by Crippen LogP contribution is 2.10. The van der Waals surface area contributed by atoms with E-state index < -0.39 is 23.5 Å². The van der Waals surface area contributed by atoms with Gasteiger partial charge in [0.15, 0.2) is 0 Å². The van der Waals surface area contributed by atoms with Crippen LogP contribution in [0.4, 0.5) is 9.59 Å². The summed E-state index contributed by atoms with van der Waals surface area (Å²) in [4.78, 5) is 22.5. The minimum Gasteiger partial charge on any atom is -0.434 e. The van der Waals surface area contributed by atoms with E-state index in [1.807, 2.05) is 0 Å². The predicted octanol–water partition coefficient (Wildman–Crippen LogP) is 4.45. The molecule has 0 amide bonds. The zero-order valence-corrected chi connectivity index (χ0v) is 14.7. The molecular formula is C16H30O6. The fraction of sp³-hybridized carbons (Fsp3) is 0.875. The van der Waals surface area contributed by atoms with Crippen molar-refractivity contribution in [2.45, 2.75) is 78.4 Å². The van der Waals surface area contributed by atoms with Gasteiger partial charge in [-0.15, -0.1) is 0 Å². The van der Waals surface area contributed by atoms with Crippen molar-refractivity contribution in [1.82, 2.24) is 0 Å². The SMILES string of the molecule is CC(C)(C)OC(=O)OCCCCCCOC(=O)OC(C)(C)C. The third-order valence-electron chi connectivity index (χ3n) is 2.26. The maximum Gasteiger partial charge on any atom is 0.508 e. The summed E-state index contributed by atoms with van der Waals surface area (Å²) in [5.74, 6) is 0. The van der Waals surface area contributed by atoms with Gasteiger partial charge >= 0.3 is 12.3 Å². The third kappa shape index (κ3) is 14.9. The van der Waals surface area contributed by atoms with E-state index in [0.29, 0.717) is 13.2 Å². The smallest absolute Gasteiger partial charge is 0.434 e. The molecule has 0 N–H and O–H groups in total. The molecule has 0 bridgehead atoms. The summed E-state index contributed by atoms with van der Waals surface area (Å²) in [5, 5.41) is 0. The molecule has 6 heteroatoms. The lowest BCUT2D eigenvalue weighted by molar-refractivity contribution is -0.0103. The van der Waals surface area contributed by atoms with Gasteiger partial charge in [-0.2, -0.15) is 0 Å². The van der Waals surface area contributed by atoms with Gasteiger partial charge in [-0.25, -0.2) is 9.59 Å². The van der Waals surface area contributed by atoms with Crippen molar-refractivity contribution in [2.24, 2.45) is 0 Å². The number of unbranched alkanes of at least 4 members (excludes halogenated alkanes) is 3. The molecule has 0 aromatic heterocycles. The first-order valence-corrected chi connectivity index (χ1v) is 7.71. The molecule has 0 atom stereocenters. The van der Waals surface area contributed by atoms with Gasteiger partial charge in [0.05, 0.1) is 13.2 Å². The number of carbonyl (C=O) groups excluding carboxylic acids is 2. The van der Waals surface area contributed by atoms with Gasteiger partial charge in [-0.05, 0) is 67.2 Å². The van der Waals surface area contributed by atoms with Crippen molar-refractivity contribution in [3.63, 3.8) is 0 Å². The molecule has 0 saturated carbocycles. The van der Waals surface area contributed by atoms with E-state index in [4.69, 9.17) is 18.9 Å². The first kappa shape index (κ1) is 20.5. The van der Waals surface area contributed by atoms with E-state index in [1.165, 1.54) is 0 Å². The average molecular weight is 318 g/mol. The molecular weight excluding hydrogens is 288 g/mol. The quantitative estimate of drug-likeness (QED) is 0.510. The molecule has 130 valence electrons. The summed E-state index contributed by atoms with van der Waals surface area (Å²) in [6.45, 7) is 11.4. The standard InChI is InChI=1S/C16H30O6/c1-15(2,3)21-13(17)19-11-9-7-8-10-12-20-14(18)22-16(4,5)6/h7-12H2,1-6H3. The Kier molecular flexibility index (Phi) is 8.90. The molecule has 0 aliphatic heterocycles. The second-order valence-corrected chi connectivity index (χ2v) is 7.04. The van der Waals surface area contributed by atoms with Crippen LogP contribution in [-0.2, 0) is 18.9 Å². The van der Waals surface area contributed by atoms with Crippen LogP contribution in [0.2, 0.25) is 0 Å². The zero-order chi connectivity index (χ0) is 17.2. The molecule has 0 aliphatic carbocycles. The second kappa shape index (κ2) is 9.54. The Morgan fingerprint density at radius 1 is 0.636 bits per heavy atom. The highest BCUT2D eigenvalue weighted by molar-refractivity contribution is 5.60. The first-order valence-electron chi connectivity index (χ1n) is 7.71. The van der Waals surface area contributed by atoms with Crippen molar-refractivity contribution in [2.75, 3.05) is 13.2 Å². The lowest BCUT2D eigenvalue weighted by Gasteiger charge is -2.19. The Morgan fingerprint density at radius 2 is 0.955 bits per heavy atom. The van der Waals surface area contributed by atoms with Crippen molar-refractivity contribution in [3.8, 4) is 0 Å². The van der Waals surface area contributed by atoms with E-state index in [2.05, 4.69) is 0 Å². The molecule has 0 heterocycles. The number of hydrogen-bond acceptors (Lipinski definition) is 6. The van der Waals surface area contributed by atoms with Crippen LogP contribution >= 0.6 is 0 Å². The summed E-state index contributed by atoms with van der Waals surface area (Å²) in [6, 6.07) is 0. The molecule has 0 fully saturated rings. The van der Waals surface area contributed by atoms with Crippen LogP contribution in [0.25, 0.3) is 0 Å². The van der Waals surface area contributed by atoms with Crippen LogP contribution in [0.3, 0.4) is 0 Å². The summed E-state index contributed by atoms with van der Waals surface area (Å²) in [5.41, 5.74) is -1.06. The van der Waals surface area contributed by atoms with E-state index in [1.54, 1.807) is 41.5 Å². The van der Waals surface area contributed by atoms with E-state index >= 15 is 0 Å². The second-order valence-electron chi connectivity index (χ2n) is 7.04. The van der Waals surface area contributed by atoms with Crippen LogP contribution < -0.4 is 0 Å². The van der Waals surface area contributed by atoms with E-state index in [9.17, 15) is 9.59 Å². The topological polar surface area (TPSA) is 71.1 Å².